The first-order valence-electron chi connectivity index (χ1n) is 8.95. The van der Waals surface area contributed by atoms with Crippen molar-refractivity contribution in [2.75, 3.05) is 5.32 Å². The molecule has 1 amide bonds. The number of fused-ring (bicyclic) bond motifs is 1. The van der Waals surface area contributed by atoms with Gasteiger partial charge in [0, 0.05) is 30.4 Å². The Morgan fingerprint density at radius 2 is 1.90 bits per heavy atom. The smallest absolute Gasteiger partial charge is 0.295 e. The fourth-order valence-electron chi connectivity index (χ4n) is 3.09. The van der Waals surface area contributed by atoms with E-state index < -0.39 is 5.91 Å². The summed E-state index contributed by atoms with van der Waals surface area (Å²) in [5.74, 6) is -0.359. The van der Waals surface area contributed by atoms with Crippen LogP contribution in [-0.2, 0) is 7.05 Å². The van der Waals surface area contributed by atoms with E-state index in [9.17, 15) is 9.18 Å². The molecule has 148 valence electrons. The summed E-state index contributed by atoms with van der Waals surface area (Å²) in [4.78, 5) is 16.5. The van der Waals surface area contributed by atoms with Gasteiger partial charge in [-0.15, -0.1) is 0 Å². The Kier molecular flexibility index (Phi) is 4.09. The Hall–Kier alpha value is -4.34. The molecule has 0 saturated heterocycles. The van der Waals surface area contributed by atoms with Crippen molar-refractivity contribution >= 4 is 17.4 Å². The van der Waals surface area contributed by atoms with Gasteiger partial charge < -0.3 is 9.84 Å². The predicted molar refractivity (Wildman–Crippen MR) is 105 cm³/mol. The molecule has 30 heavy (non-hydrogen) atoms. The van der Waals surface area contributed by atoms with Crippen molar-refractivity contribution in [1.29, 1.82) is 0 Å². The number of imidazole rings is 1. The first-order chi connectivity index (χ1) is 14.6. The van der Waals surface area contributed by atoms with Crippen molar-refractivity contribution < 1.29 is 13.7 Å². The largest absolute Gasteiger partial charge is 0.351 e. The highest BCUT2D eigenvalue weighted by molar-refractivity contribution is 6.01. The molecule has 4 aromatic heterocycles. The number of aryl methyl sites for hydroxylation is 1. The first kappa shape index (κ1) is 17.7. The molecule has 0 bridgehead atoms. The maximum absolute atomic E-state index is 13.3. The van der Waals surface area contributed by atoms with Crippen LogP contribution in [0, 0.1) is 5.82 Å². The molecule has 5 rings (SSSR count). The predicted octanol–water partition coefficient (Wildman–Crippen LogP) is 3.18. The molecule has 0 aliphatic rings. The molecule has 0 saturated carbocycles. The molecule has 1 aromatic carbocycles. The molecule has 0 unspecified atom stereocenters. The second-order valence-electron chi connectivity index (χ2n) is 6.55. The molecule has 0 aliphatic carbocycles. The zero-order valence-electron chi connectivity index (χ0n) is 15.7. The van der Waals surface area contributed by atoms with Crippen LogP contribution >= 0.6 is 0 Å². The van der Waals surface area contributed by atoms with E-state index in [2.05, 4.69) is 25.7 Å². The number of aromatic nitrogens is 6. The van der Waals surface area contributed by atoms with Crippen LogP contribution in [0.4, 0.5) is 10.2 Å². The molecule has 0 atom stereocenters. The molecule has 0 aliphatic heterocycles. The lowest BCUT2D eigenvalue weighted by molar-refractivity contribution is 0.0987. The lowest BCUT2D eigenvalue weighted by atomic mass is 10.1. The summed E-state index contributed by atoms with van der Waals surface area (Å²) in [6.07, 6.45) is 4.83. The normalized spacial score (nSPS) is 11.1. The van der Waals surface area contributed by atoms with Gasteiger partial charge in [0.1, 0.15) is 11.5 Å². The number of hydrogen-bond donors (Lipinski definition) is 1. The molecule has 0 fully saturated rings. The van der Waals surface area contributed by atoms with Crippen LogP contribution in [0.5, 0.6) is 0 Å². The number of benzene rings is 1. The quantitative estimate of drug-likeness (QED) is 0.494. The minimum absolute atomic E-state index is 0.0833. The van der Waals surface area contributed by atoms with Gasteiger partial charge in [-0.2, -0.15) is 10.2 Å². The number of amides is 1. The van der Waals surface area contributed by atoms with Crippen molar-refractivity contribution in [2.45, 2.75) is 0 Å². The van der Waals surface area contributed by atoms with Crippen molar-refractivity contribution in [3.05, 3.63) is 72.6 Å². The molecule has 9 nitrogen and oxygen atoms in total. The van der Waals surface area contributed by atoms with Crippen molar-refractivity contribution in [3.63, 3.8) is 0 Å². The van der Waals surface area contributed by atoms with E-state index in [0.717, 1.165) is 11.1 Å². The number of nitrogens with one attached hydrogen (secondary N) is 1. The van der Waals surface area contributed by atoms with E-state index in [1.165, 1.54) is 24.4 Å². The van der Waals surface area contributed by atoms with Gasteiger partial charge in [-0.05, 0) is 36.4 Å². The zero-order chi connectivity index (χ0) is 20.7. The van der Waals surface area contributed by atoms with Crippen LogP contribution in [-0.4, -0.2) is 35.4 Å². The summed E-state index contributed by atoms with van der Waals surface area (Å²) in [6.45, 7) is 0. The van der Waals surface area contributed by atoms with E-state index in [0.29, 0.717) is 22.9 Å². The second-order valence-corrected chi connectivity index (χ2v) is 6.55. The molecular weight excluding hydrogens is 389 g/mol. The minimum atomic E-state index is -0.456. The number of halogens is 1. The van der Waals surface area contributed by atoms with Gasteiger partial charge in [0.25, 0.3) is 5.91 Å². The average molecular weight is 403 g/mol. The number of nitrogens with zero attached hydrogens (tertiary/aromatic N) is 6. The van der Waals surface area contributed by atoms with E-state index >= 15 is 0 Å². The first-order valence-corrected chi connectivity index (χ1v) is 8.95. The Morgan fingerprint density at radius 1 is 1.07 bits per heavy atom. The lowest BCUT2D eigenvalue weighted by Crippen LogP contribution is -2.10. The highest BCUT2D eigenvalue weighted by Gasteiger charge is 2.16. The summed E-state index contributed by atoms with van der Waals surface area (Å²) in [5.41, 5.74) is 3.45. The van der Waals surface area contributed by atoms with E-state index in [-0.39, 0.29) is 11.6 Å². The fourth-order valence-corrected chi connectivity index (χ4v) is 3.09. The topological polar surface area (TPSA) is 103 Å². The second kappa shape index (κ2) is 6.92. The Morgan fingerprint density at radius 3 is 2.67 bits per heavy atom. The molecule has 1 N–H and O–H groups in total. The number of carbonyl (C=O) groups is 1. The molecule has 10 heteroatoms. The van der Waals surface area contributed by atoms with Crippen molar-refractivity contribution in [2.24, 2.45) is 7.05 Å². The summed E-state index contributed by atoms with van der Waals surface area (Å²) < 4.78 is 21.4. The van der Waals surface area contributed by atoms with Gasteiger partial charge in [-0.1, -0.05) is 5.16 Å². The Bertz CT molecular complexity index is 1350. The third kappa shape index (κ3) is 3.20. The zero-order valence-corrected chi connectivity index (χ0v) is 15.7. The van der Waals surface area contributed by atoms with Gasteiger partial charge >= 0.3 is 0 Å². The molecule has 5 aromatic rings. The third-order valence-corrected chi connectivity index (χ3v) is 4.45. The molecule has 4 heterocycles. The van der Waals surface area contributed by atoms with Crippen LogP contribution in [0.15, 0.2) is 65.6 Å². The summed E-state index contributed by atoms with van der Waals surface area (Å²) >= 11 is 0. The van der Waals surface area contributed by atoms with Crippen LogP contribution in [0.1, 0.15) is 10.6 Å². The van der Waals surface area contributed by atoms with E-state index in [4.69, 9.17) is 4.52 Å². The van der Waals surface area contributed by atoms with Gasteiger partial charge in [-0.25, -0.2) is 13.9 Å². The van der Waals surface area contributed by atoms with Gasteiger partial charge in [-0.3, -0.25) is 9.48 Å². The summed E-state index contributed by atoms with van der Waals surface area (Å²) in [5, 5.41) is 15.2. The van der Waals surface area contributed by atoms with Gasteiger partial charge in [0.2, 0.25) is 5.76 Å². The number of anilines is 1. The summed E-state index contributed by atoms with van der Waals surface area (Å²) in [7, 11) is 1.81. The fraction of sp³-hybridized carbons (Fsp3) is 0.0500. The Balaban J connectivity index is 1.50. The van der Waals surface area contributed by atoms with Crippen LogP contribution in [0.3, 0.4) is 0 Å². The van der Waals surface area contributed by atoms with Crippen molar-refractivity contribution in [3.8, 4) is 22.5 Å². The van der Waals surface area contributed by atoms with Crippen LogP contribution in [0.2, 0.25) is 0 Å². The highest BCUT2D eigenvalue weighted by atomic mass is 19.1. The van der Waals surface area contributed by atoms with Gasteiger partial charge in [0.05, 0.1) is 18.1 Å². The summed E-state index contributed by atoms with van der Waals surface area (Å²) in [6, 6.07) is 11.2. The maximum Gasteiger partial charge on any atom is 0.295 e. The molecule has 0 radical (unpaired) electrons. The SMILES string of the molecule is Cn1cc(-c2ccc3nc(NC(=O)c4ccno4)cn3n2)c(-c2ccc(F)cc2)n1. The Labute approximate surface area is 168 Å². The van der Waals surface area contributed by atoms with Crippen LogP contribution in [0.25, 0.3) is 28.2 Å². The highest BCUT2D eigenvalue weighted by Crippen LogP contribution is 2.30. The standard InChI is InChI=1S/C20H14FN7O2/c1-27-10-14(19(26-27)12-2-4-13(21)5-3-12)15-6-7-18-23-17(11-28(18)25-15)24-20(29)16-8-9-22-30-16/h2-11H,1H3,(H,24,29). The van der Waals surface area contributed by atoms with E-state index in [1.807, 2.05) is 19.3 Å². The maximum atomic E-state index is 13.3. The number of carbonyl (C=O) groups excluding carboxylic acids is 1. The molecule has 0 spiro atoms. The number of rotatable bonds is 4. The van der Waals surface area contributed by atoms with E-state index in [1.54, 1.807) is 33.6 Å². The lowest BCUT2D eigenvalue weighted by Gasteiger charge is -2.03. The minimum Gasteiger partial charge on any atom is -0.351 e. The van der Waals surface area contributed by atoms with Gasteiger partial charge in [0.15, 0.2) is 11.5 Å². The monoisotopic (exact) mass is 403 g/mol. The average Bonchev–Trinajstić information content (AvgIpc) is 3.47. The van der Waals surface area contributed by atoms with Crippen LogP contribution < -0.4 is 5.32 Å². The molecular formula is C20H14FN7O2. The third-order valence-electron chi connectivity index (χ3n) is 4.45. The van der Waals surface area contributed by atoms with Crippen molar-refractivity contribution in [1.82, 2.24) is 29.5 Å². The number of hydrogen-bond acceptors (Lipinski definition) is 6.